The smallest absolute Gasteiger partial charge is 0.254 e. The topological polar surface area (TPSA) is 55.4 Å². The highest BCUT2D eigenvalue weighted by atomic mass is 35.5. The summed E-state index contributed by atoms with van der Waals surface area (Å²) in [4.78, 5) is 24.5. The van der Waals surface area contributed by atoms with Crippen molar-refractivity contribution in [3.63, 3.8) is 0 Å². The molecule has 1 saturated heterocycles. The van der Waals surface area contributed by atoms with Crippen LogP contribution in [0.15, 0.2) is 6.07 Å². The van der Waals surface area contributed by atoms with E-state index < -0.39 is 16.3 Å². The molecule has 25 heavy (non-hydrogen) atoms. The fourth-order valence-corrected chi connectivity index (χ4v) is 5.11. The molecule has 1 N–H and O–H groups in total. The zero-order valence-electron chi connectivity index (χ0n) is 14.3. The fourth-order valence-electron chi connectivity index (χ4n) is 4.13. The van der Waals surface area contributed by atoms with E-state index in [0.717, 1.165) is 0 Å². The summed E-state index contributed by atoms with van der Waals surface area (Å²) in [5.41, 5.74) is 0.747. The van der Waals surface area contributed by atoms with Gasteiger partial charge in [0.05, 0.1) is 16.1 Å². The molecule has 1 aromatic rings. The summed E-state index contributed by atoms with van der Waals surface area (Å²) in [5.74, 6) is -0.787. The van der Waals surface area contributed by atoms with Crippen molar-refractivity contribution in [2.45, 2.75) is 56.0 Å². The third kappa shape index (κ3) is 2.69. The number of nitrogens with one attached hydrogen (secondary N) is 1. The molecule has 1 aromatic carbocycles. The molecular weight excluding hydrogens is 385 g/mol. The van der Waals surface area contributed by atoms with Gasteiger partial charge in [-0.05, 0) is 62.3 Å². The number of benzene rings is 1. The van der Waals surface area contributed by atoms with Crippen molar-refractivity contribution < 1.29 is 14.3 Å². The summed E-state index contributed by atoms with van der Waals surface area (Å²) in [7, 11) is 1.66. The van der Waals surface area contributed by atoms with Gasteiger partial charge in [-0.1, -0.05) is 34.8 Å². The number of ketones is 1. The van der Waals surface area contributed by atoms with Crippen LogP contribution >= 0.6 is 34.8 Å². The third-order valence-electron chi connectivity index (χ3n) is 5.53. The van der Waals surface area contributed by atoms with Gasteiger partial charge in [-0.2, -0.15) is 0 Å². The van der Waals surface area contributed by atoms with Crippen molar-refractivity contribution in [1.29, 1.82) is 0 Å². The van der Waals surface area contributed by atoms with Crippen LogP contribution in [0.25, 0.3) is 0 Å². The van der Waals surface area contributed by atoms with Crippen LogP contribution in [0, 0.1) is 13.8 Å². The van der Waals surface area contributed by atoms with Crippen molar-refractivity contribution in [2.75, 3.05) is 7.11 Å². The van der Waals surface area contributed by atoms with Gasteiger partial charge in [0, 0.05) is 7.11 Å². The van der Waals surface area contributed by atoms with Gasteiger partial charge >= 0.3 is 0 Å². The molecule has 136 valence electrons. The average Bonchev–Trinajstić information content (AvgIpc) is 2.75. The molecule has 0 radical (unpaired) electrons. The maximum absolute atomic E-state index is 13.4. The molecule has 0 bridgehead atoms. The normalized spacial score (nSPS) is 32.3. The molecule has 4 nitrogen and oxygen atoms in total. The first-order valence-corrected chi connectivity index (χ1v) is 9.35. The highest BCUT2D eigenvalue weighted by Gasteiger charge is 2.63. The van der Waals surface area contributed by atoms with Crippen molar-refractivity contribution in [1.82, 2.24) is 5.32 Å². The maximum Gasteiger partial charge on any atom is 0.254 e. The van der Waals surface area contributed by atoms with E-state index in [9.17, 15) is 9.59 Å². The number of carbonyl (C=O) groups is 2. The predicted molar refractivity (Wildman–Crippen MR) is 98.6 cm³/mol. The third-order valence-corrected chi connectivity index (χ3v) is 6.94. The van der Waals surface area contributed by atoms with Gasteiger partial charge < -0.3 is 10.1 Å². The minimum Gasteiger partial charge on any atom is -0.381 e. The number of Topliss-reactive ketones (excluding diaryl/α,β-unsaturated/α-hetero) is 1. The highest BCUT2D eigenvalue weighted by Crippen LogP contribution is 2.48. The number of ether oxygens (including phenoxy) is 1. The second-order valence-electron chi connectivity index (χ2n) is 6.95. The molecule has 1 aliphatic heterocycles. The van der Waals surface area contributed by atoms with Gasteiger partial charge in [-0.25, -0.2) is 0 Å². The zero-order valence-corrected chi connectivity index (χ0v) is 16.6. The Balaban J connectivity index is 2.08. The van der Waals surface area contributed by atoms with Crippen LogP contribution in [0.4, 0.5) is 0 Å². The fraction of sp³-hybridized carbons (Fsp3) is 0.556. The lowest BCUT2D eigenvalue weighted by atomic mass is 9.74. The quantitative estimate of drug-likeness (QED) is 0.597. The first-order valence-electron chi connectivity index (χ1n) is 8.22. The van der Waals surface area contributed by atoms with E-state index in [2.05, 4.69) is 5.32 Å². The van der Waals surface area contributed by atoms with Crippen molar-refractivity contribution >= 4 is 46.5 Å². The van der Waals surface area contributed by atoms with E-state index in [1.807, 2.05) is 0 Å². The summed E-state index contributed by atoms with van der Waals surface area (Å²) in [6, 6.07) is 1.64. The first-order chi connectivity index (χ1) is 11.7. The van der Waals surface area contributed by atoms with Crippen LogP contribution < -0.4 is 5.32 Å². The van der Waals surface area contributed by atoms with E-state index >= 15 is 0 Å². The lowest BCUT2D eigenvalue weighted by molar-refractivity contribution is -0.128. The Labute approximate surface area is 162 Å². The molecule has 1 saturated carbocycles. The Hall–Kier alpha value is -0.810. The minimum atomic E-state index is -1.78. The Morgan fingerprint density at radius 3 is 2.36 bits per heavy atom. The van der Waals surface area contributed by atoms with Gasteiger partial charge in [0.1, 0.15) is 5.54 Å². The number of halogens is 3. The monoisotopic (exact) mass is 403 g/mol. The Morgan fingerprint density at radius 2 is 1.80 bits per heavy atom. The second kappa shape index (κ2) is 6.41. The Bertz CT molecular complexity index is 756. The first kappa shape index (κ1) is 19.0. The largest absolute Gasteiger partial charge is 0.381 e. The number of rotatable bonds is 2. The maximum atomic E-state index is 13.4. The van der Waals surface area contributed by atoms with E-state index in [1.165, 1.54) is 0 Å². The molecular formula is C18H20Cl3NO3. The molecule has 1 amide bonds. The number of carbonyl (C=O) groups excluding carboxylic acids is 2. The van der Waals surface area contributed by atoms with Gasteiger partial charge in [-0.15, -0.1) is 0 Å². The van der Waals surface area contributed by atoms with Crippen LogP contribution in [0.2, 0.25) is 10.0 Å². The predicted octanol–water partition coefficient (Wildman–Crippen LogP) is 4.07. The Morgan fingerprint density at radius 1 is 1.20 bits per heavy atom. The summed E-state index contributed by atoms with van der Waals surface area (Å²) in [6.45, 7) is 3.51. The van der Waals surface area contributed by atoms with Gasteiger partial charge in [0.25, 0.3) is 5.91 Å². The summed E-state index contributed by atoms with van der Waals surface area (Å²) in [5, 5.41) is 3.58. The average molecular weight is 405 g/mol. The summed E-state index contributed by atoms with van der Waals surface area (Å²) < 4.78 is 5.37. The van der Waals surface area contributed by atoms with E-state index in [1.54, 1.807) is 27.0 Å². The minimum absolute atomic E-state index is 0.106. The second-order valence-corrected chi connectivity index (χ2v) is 8.30. The van der Waals surface area contributed by atoms with Crippen molar-refractivity contribution in [3.8, 4) is 0 Å². The molecule has 7 heteroatoms. The van der Waals surface area contributed by atoms with Crippen LogP contribution in [0.5, 0.6) is 0 Å². The number of hydrogen-bond donors (Lipinski definition) is 1. The van der Waals surface area contributed by atoms with Crippen LogP contribution in [-0.2, 0) is 19.2 Å². The van der Waals surface area contributed by atoms with E-state index in [4.69, 9.17) is 39.5 Å². The molecule has 2 fully saturated rings. The van der Waals surface area contributed by atoms with Crippen LogP contribution in [0.3, 0.4) is 0 Å². The molecule has 1 atom stereocenters. The molecule has 1 aliphatic carbocycles. The van der Waals surface area contributed by atoms with E-state index in [0.29, 0.717) is 52.4 Å². The lowest BCUT2D eigenvalue weighted by Crippen LogP contribution is -2.50. The molecule has 2 aliphatic rings. The zero-order chi connectivity index (χ0) is 18.6. The van der Waals surface area contributed by atoms with Crippen LogP contribution in [-0.4, -0.2) is 30.4 Å². The molecule has 0 aromatic heterocycles. The van der Waals surface area contributed by atoms with Gasteiger partial charge in [0.2, 0.25) is 4.87 Å². The SMILES string of the molecule is COC1CCC2(CC1)NC(=O)C(Cl)(c1c(C)cc(Cl)c(Cl)c1C)C2=O. The number of alkyl halides is 1. The summed E-state index contributed by atoms with van der Waals surface area (Å²) >= 11 is 19.1. The number of hydrogen-bond acceptors (Lipinski definition) is 3. The molecule has 3 rings (SSSR count). The molecule has 1 unspecified atom stereocenters. The van der Waals surface area contributed by atoms with Crippen molar-refractivity contribution in [2.24, 2.45) is 0 Å². The standard InChI is InChI=1S/C18H20Cl3NO3/c1-9-8-12(19)14(20)10(2)13(9)18(21)15(23)17(22-16(18)24)6-4-11(25-3)5-7-17/h8,11H,4-7H2,1-3H3,(H,22,24). The number of aryl methyl sites for hydroxylation is 1. The Kier molecular flexibility index (Phi) is 4.87. The number of amides is 1. The van der Waals surface area contributed by atoms with E-state index in [-0.39, 0.29) is 11.9 Å². The summed E-state index contributed by atoms with van der Waals surface area (Å²) in [6.07, 6.45) is 2.55. The molecule has 1 heterocycles. The lowest BCUT2D eigenvalue weighted by Gasteiger charge is -2.35. The van der Waals surface area contributed by atoms with Crippen molar-refractivity contribution in [3.05, 3.63) is 32.8 Å². The van der Waals surface area contributed by atoms with Gasteiger partial charge in [-0.3, -0.25) is 9.59 Å². The van der Waals surface area contributed by atoms with Crippen LogP contribution in [0.1, 0.15) is 42.4 Å². The van der Waals surface area contributed by atoms with Gasteiger partial charge in [0.15, 0.2) is 5.78 Å². The molecule has 1 spiro atoms. The number of methoxy groups -OCH3 is 1. The highest BCUT2D eigenvalue weighted by molar-refractivity contribution is 6.50.